The molecule has 0 fully saturated rings. The van der Waals surface area contributed by atoms with E-state index in [-0.39, 0.29) is 0 Å². The third-order valence-electron chi connectivity index (χ3n) is 0.576. The van der Waals surface area contributed by atoms with Crippen molar-refractivity contribution in [1.29, 1.82) is 0 Å². The van der Waals surface area contributed by atoms with Gasteiger partial charge in [-0.25, -0.2) is 0 Å². The first-order chi connectivity index (χ1) is 4.54. The summed E-state index contributed by atoms with van der Waals surface area (Å²) in [6.07, 6.45) is 0.750. The Labute approximate surface area is 62.7 Å². The zero-order valence-corrected chi connectivity index (χ0v) is 7.16. The molecule has 0 aromatic rings. The molecule has 3 heteroatoms. The number of aliphatic hydroxyl groups is 1. The standard InChI is InChI=1S/C4H10O.C3H7NO/c2*1-4(2)3-5/h4-5H,3H2,1-2H3;3H,1-2H3. The van der Waals surface area contributed by atoms with E-state index in [9.17, 15) is 4.79 Å². The minimum Gasteiger partial charge on any atom is -0.396 e. The maximum absolute atomic E-state index is 9.43. The Bertz CT molecular complexity index is 72.0. The normalized spacial score (nSPS) is 8.20. The average Bonchev–Trinajstić information content (AvgIpc) is 1.89. The molecule has 0 aliphatic carbocycles. The number of amides is 1. The second-order valence-electron chi connectivity index (χ2n) is 2.65. The second-order valence-corrected chi connectivity index (χ2v) is 2.65. The number of hydrogen-bond donors (Lipinski definition) is 1. The molecule has 0 aromatic carbocycles. The first kappa shape index (κ1) is 12.1. The molecule has 0 heterocycles. The molecule has 0 rings (SSSR count). The largest absolute Gasteiger partial charge is 0.396 e. The zero-order chi connectivity index (χ0) is 8.57. The molecule has 0 bridgehead atoms. The van der Waals surface area contributed by atoms with E-state index in [1.807, 2.05) is 13.8 Å². The molecule has 0 saturated carbocycles. The minimum atomic E-state index is 0.306. The third-order valence-corrected chi connectivity index (χ3v) is 0.576. The van der Waals surface area contributed by atoms with E-state index in [1.165, 1.54) is 4.90 Å². The summed E-state index contributed by atoms with van der Waals surface area (Å²) in [5, 5.41) is 8.14. The lowest BCUT2D eigenvalue weighted by atomic mass is 10.2. The molecule has 1 amide bonds. The van der Waals surface area contributed by atoms with Crippen LogP contribution in [0.2, 0.25) is 0 Å². The SMILES string of the molecule is CC(C)CO.CN(C)C=O. The summed E-state index contributed by atoms with van der Waals surface area (Å²) in [6.45, 7) is 4.25. The Morgan fingerprint density at radius 1 is 1.50 bits per heavy atom. The summed E-state index contributed by atoms with van der Waals surface area (Å²) in [4.78, 5) is 10.9. The van der Waals surface area contributed by atoms with Gasteiger partial charge in [-0.15, -0.1) is 0 Å². The summed E-state index contributed by atoms with van der Waals surface area (Å²) in [6, 6.07) is 0. The number of nitrogens with zero attached hydrogens (tertiary/aromatic N) is 1. The van der Waals surface area contributed by atoms with Crippen LogP contribution in [0.15, 0.2) is 0 Å². The Morgan fingerprint density at radius 3 is 1.70 bits per heavy atom. The average molecular weight is 147 g/mol. The van der Waals surface area contributed by atoms with Gasteiger partial charge in [0.25, 0.3) is 0 Å². The first-order valence-corrected chi connectivity index (χ1v) is 3.27. The van der Waals surface area contributed by atoms with Crippen LogP contribution in [0.4, 0.5) is 0 Å². The van der Waals surface area contributed by atoms with Crippen LogP contribution in [0.1, 0.15) is 13.8 Å². The number of rotatable bonds is 2. The fourth-order valence-corrected chi connectivity index (χ4v) is 0. The van der Waals surface area contributed by atoms with Crippen molar-refractivity contribution in [1.82, 2.24) is 4.90 Å². The maximum Gasteiger partial charge on any atom is 0.209 e. The predicted octanol–water partition coefficient (Wildman–Crippen LogP) is 0.339. The van der Waals surface area contributed by atoms with Crippen molar-refractivity contribution in [2.45, 2.75) is 13.8 Å². The summed E-state index contributed by atoms with van der Waals surface area (Å²) in [5.41, 5.74) is 0. The van der Waals surface area contributed by atoms with E-state index < -0.39 is 0 Å². The van der Waals surface area contributed by atoms with E-state index in [2.05, 4.69) is 0 Å². The van der Waals surface area contributed by atoms with E-state index in [0.717, 1.165) is 6.41 Å². The zero-order valence-electron chi connectivity index (χ0n) is 7.16. The van der Waals surface area contributed by atoms with Crippen molar-refractivity contribution in [2.75, 3.05) is 20.7 Å². The quantitative estimate of drug-likeness (QED) is 0.572. The molecule has 0 atom stereocenters. The molecule has 0 aliphatic heterocycles. The van der Waals surface area contributed by atoms with Crippen LogP contribution in [0.25, 0.3) is 0 Å². The molecule has 0 unspecified atom stereocenters. The third kappa shape index (κ3) is 26.1. The molecule has 62 valence electrons. The van der Waals surface area contributed by atoms with Gasteiger partial charge >= 0.3 is 0 Å². The van der Waals surface area contributed by atoms with Gasteiger partial charge in [0.05, 0.1) is 0 Å². The van der Waals surface area contributed by atoms with Gasteiger partial charge in [-0.05, 0) is 5.92 Å². The Balaban J connectivity index is 0. The lowest BCUT2D eigenvalue weighted by Gasteiger charge is -1.93. The highest BCUT2D eigenvalue weighted by atomic mass is 16.3. The van der Waals surface area contributed by atoms with Gasteiger partial charge in [0.2, 0.25) is 6.41 Å². The maximum atomic E-state index is 9.43. The van der Waals surface area contributed by atoms with Gasteiger partial charge in [0.1, 0.15) is 0 Å². The van der Waals surface area contributed by atoms with E-state index in [1.54, 1.807) is 14.1 Å². The smallest absolute Gasteiger partial charge is 0.209 e. The molecule has 0 spiro atoms. The van der Waals surface area contributed by atoms with E-state index in [0.29, 0.717) is 12.5 Å². The second kappa shape index (κ2) is 8.43. The molecule has 3 nitrogen and oxygen atoms in total. The van der Waals surface area contributed by atoms with E-state index >= 15 is 0 Å². The van der Waals surface area contributed by atoms with E-state index in [4.69, 9.17) is 5.11 Å². The summed E-state index contributed by atoms with van der Waals surface area (Å²) >= 11 is 0. The van der Waals surface area contributed by atoms with Gasteiger partial charge in [-0.3, -0.25) is 4.79 Å². The lowest BCUT2D eigenvalue weighted by Crippen LogP contribution is -2.06. The molecule has 0 aliphatic rings. The predicted molar refractivity (Wildman–Crippen MR) is 41.7 cm³/mol. The monoisotopic (exact) mass is 147 g/mol. The molecule has 0 radical (unpaired) electrons. The fourth-order valence-electron chi connectivity index (χ4n) is 0. The molecular formula is C7H17NO2. The highest BCUT2D eigenvalue weighted by Crippen LogP contribution is 1.83. The van der Waals surface area contributed by atoms with Gasteiger partial charge in [-0.1, -0.05) is 13.8 Å². The van der Waals surface area contributed by atoms with Crippen LogP contribution in [-0.2, 0) is 4.79 Å². The number of carbonyl (C=O) groups is 1. The summed E-state index contributed by atoms with van der Waals surface area (Å²) in [7, 11) is 3.38. The molecule has 1 N–H and O–H groups in total. The van der Waals surface area contributed by atoms with Gasteiger partial charge in [-0.2, -0.15) is 0 Å². The highest BCUT2D eigenvalue weighted by Gasteiger charge is 1.81. The van der Waals surface area contributed by atoms with Crippen molar-refractivity contribution >= 4 is 6.41 Å². The summed E-state index contributed by atoms with van der Waals surface area (Å²) < 4.78 is 0. The summed E-state index contributed by atoms with van der Waals surface area (Å²) in [5.74, 6) is 0.440. The van der Waals surface area contributed by atoms with Gasteiger partial charge in [0, 0.05) is 20.7 Å². The molecule has 0 aromatic heterocycles. The Morgan fingerprint density at radius 2 is 1.70 bits per heavy atom. The number of aliphatic hydroxyl groups excluding tert-OH is 1. The topological polar surface area (TPSA) is 40.5 Å². The molecule has 10 heavy (non-hydrogen) atoms. The van der Waals surface area contributed by atoms with Crippen molar-refractivity contribution in [2.24, 2.45) is 5.92 Å². The van der Waals surface area contributed by atoms with Crippen molar-refractivity contribution < 1.29 is 9.90 Å². The van der Waals surface area contributed by atoms with Gasteiger partial charge < -0.3 is 10.0 Å². The van der Waals surface area contributed by atoms with Crippen LogP contribution in [0.5, 0.6) is 0 Å². The van der Waals surface area contributed by atoms with Gasteiger partial charge in [0.15, 0.2) is 0 Å². The van der Waals surface area contributed by atoms with Crippen molar-refractivity contribution in [3.05, 3.63) is 0 Å². The Hall–Kier alpha value is -0.570. The molecular weight excluding hydrogens is 130 g/mol. The van der Waals surface area contributed by atoms with Crippen LogP contribution in [0.3, 0.4) is 0 Å². The Kier molecular flexibility index (Phi) is 10.2. The van der Waals surface area contributed by atoms with Crippen LogP contribution < -0.4 is 0 Å². The first-order valence-electron chi connectivity index (χ1n) is 3.27. The van der Waals surface area contributed by atoms with Crippen molar-refractivity contribution in [3.63, 3.8) is 0 Å². The van der Waals surface area contributed by atoms with Crippen LogP contribution >= 0.6 is 0 Å². The number of carbonyl (C=O) groups excluding carboxylic acids is 1. The van der Waals surface area contributed by atoms with Crippen LogP contribution in [-0.4, -0.2) is 37.1 Å². The fraction of sp³-hybridized carbons (Fsp3) is 0.857. The number of hydrogen-bond acceptors (Lipinski definition) is 2. The molecule has 0 saturated heterocycles. The lowest BCUT2D eigenvalue weighted by molar-refractivity contribution is -0.115. The minimum absolute atomic E-state index is 0.306. The van der Waals surface area contributed by atoms with Crippen LogP contribution in [0, 0.1) is 5.92 Å². The highest BCUT2D eigenvalue weighted by molar-refractivity contribution is 5.45. The van der Waals surface area contributed by atoms with Crippen molar-refractivity contribution in [3.8, 4) is 0 Å².